The summed E-state index contributed by atoms with van der Waals surface area (Å²) < 4.78 is 5.01. The molecule has 0 radical (unpaired) electrons. The van der Waals surface area contributed by atoms with Crippen LogP contribution in [0.15, 0.2) is 34.9 Å². The van der Waals surface area contributed by atoms with E-state index in [0.717, 1.165) is 11.1 Å². The first-order valence-electron chi connectivity index (χ1n) is 5.80. The Kier molecular flexibility index (Phi) is 3.54. The van der Waals surface area contributed by atoms with Crippen LogP contribution in [0, 0.1) is 5.92 Å². The maximum absolute atomic E-state index is 5.45. The molecule has 0 amide bonds. The molecule has 0 unspecified atom stereocenters. The summed E-state index contributed by atoms with van der Waals surface area (Å²) in [4.78, 5) is 4.22. The van der Waals surface area contributed by atoms with Gasteiger partial charge in [0.25, 0.3) is 0 Å². The zero-order chi connectivity index (χ0) is 12.3. The molecular weight excluding hydrogens is 214 g/mol. The minimum Gasteiger partial charge on any atom is -0.338 e. The number of nitrogens with two attached hydrogens (primary N) is 1. The van der Waals surface area contributed by atoms with Gasteiger partial charge in [0, 0.05) is 5.57 Å². The Labute approximate surface area is 101 Å². The van der Waals surface area contributed by atoms with E-state index in [4.69, 9.17) is 10.3 Å². The first-order chi connectivity index (χ1) is 8.24. The Morgan fingerprint density at radius 3 is 2.88 bits per heavy atom. The third-order valence-electron chi connectivity index (χ3n) is 2.69. The molecule has 0 atom stereocenters. The first-order valence-corrected chi connectivity index (χ1v) is 5.80. The van der Waals surface area contributed by atoms with Crippen LogP contribution in [0.25, 0.3) is 5.57 Å². The van der Waals surface area contributed by atoms with Gasteiger partial charge in [0.05, 0.1) is 6.54 Å². The second-order valence-corrected chi connectivity index (χ2v) is 4.16. The van der Waals surface area contributed by atoms with E-state index in [1.165, 1.54) is 12.8 Å². The molecule has 17 heavy (non-hydrogen) atoms. The Morgan fingerprint density at radius 1 is 1.59 bits per heavy atom. The fourth-order valence-electron chi connectivity index (χ4n) is 1.59. The lowest BCUT2D eigenvalue weighted by atomic mass is 10.1. The van der Waals surface area contributed by atoms with Crippen molar-refractivity contribution < 1.29 is 4.52 Å². The van der Waals surface area contributed by atoms with E-state index in [-0.39, 0.29) is 6.54 Å². The van der Waals surface area contributed by atoms with Gasteiger partial charge in [-0.3, -0.25) is 0 Å². The fraction of sp³-hybridized carbons (Fsp3) is 0.385. The van der Waals surface area contributed by atoms with Crippen LogP contribution < -0.4 is 5.73 Å². The van der Waals surface area contributed by atoms with E-state index in [1.54, 1.807) is 0 Å². The molecule has 2 rings (SSSR count). The number of rotatable bonds is 5. The van der Waals surface area contributed by atoms with Crippen molar-refractivity contribution in [2.75, 3.05) is 0 Å². The normalized spacial score (nSPS) is 16.7. The topological polar surface area (TPSA) is 64.9 Å². The van der Waals surface area contributed by atoms with Crippen molar-refractivity contribution in [3.63, 3.8) is 0 Å². The summed E-state index contributed by atoms with van der Waals surface area (Å²) in [5.74, 6) is 1.66. The molecule has 1 aliphatic rings. The Balaban J connectivity index is 2.24. The van der Waals surface area contributed by atoms with Crippen molar-refractivity contribution >= 4 is 5.57 Å². The lowest BCUT2D eigenvalue weighted by Crippen LogP contribution is -1.96. The maximum atomic E-state index is 5.45. The van der Waals surface area contributed by atoms with E-state index in [2.05, 4.69) is 16.7 Å². The molecule has 0 aromatic carbocycles. The Morgan fingerprint density at radius 2 is 2.35 bits per heavy atom. The van der Waals surface area contributed by atoms with Gasteiger partial charge in [0.1, 0.15) is 0 Å². The molecule has 0 bridgehead atoms. The molecular formula is C13H17N3O. The predicted octanol–water partition coefficient (Wildman–Crippen LogP) is 2.45. The van der Waals surface area contributed by atoms with Crippen LogP contribution in [0.3, 0.4) is 0 Å². The first kappa shape index (κ1) is 11.8. The van der Waals surface area contributed by atoms with E-state index < -0.39 is 0 Å². The van der Waals surface area contributed by atoms with E-state index in [0.29, 0.717) is 17.6 Å². The quantitative estimate of drug-likeness (QED) is 0.790. The molecule has 90 valence electrons. The summed E-state index contributed by atoms with van der Waals surface area (Å²) in [6.07, 6.45) is 8.41. The average molecular weight is 231 g/mol. The van der Waals surface area contributed by atoms with Crippen LogP contribution in [0.4, 0.5) is 0 Å². The smallest absolute Gasteiger partial charge is 0.240 e. The lowest BCUT2D eigenvalue weighted by molar-refractivity contribution is 0.378. The molecule has 0 saturated heterocycles. The average Bonchev–Trinajstić information content (AvgIpc) is 3.07. The van der Waals surface area contributed by atoms with Gasteiger partial charge < -0.3 is 10.3 Å². The maximum Gasteiger partial charge on any atom is 0.240 e. The lowest BCUT2D eigenvalue weighted by Gasteiger charge is -1.98. The van der Waals surface area contributed by atoms with E-state index >= 15 is 0 Å². The largest absolute Gasteiger partial charge is 0.338 e. The monoisotopic (exact) mass is 231 g/mol. The van der Waals surface area contributed by atoms with Gasteiger partial charge >= 0.3 is 0 Å². The summed E-state index contributed by atoms with van der Waals surface area (Å²) in [7, 11) is 0. The molecule has 1 saturated carbocycles. The van der Waals surface area contributed by atoms with Crippen LogP contribution in [-0.4, -0.2) is 10.1 Å². The van der Waals surface area contributed by atoms with Crippen molar-refractivity contribution in [3.05, 3.63) is 42.1 Å². The molecule has 1 aromatic heterocycles. The van der Waals surface area contributed by atoms with Gasteiger partial charge in [-0.2, -0.15) is 4.98 Å². The van der Waals surface area contributed by atoms with E-state index in [1.807, 2.05) is 25.2 Å². The second kappa shape index (κ2) is 5.10. The number of allylic oxidation sites excluding steroid dienone is 5. The Hall–Kier alpha value is -1.68. The van der Waals surface area contributed by atoms with Gasteiger partial charge in [-0.1, -0.05) is 29.5 Å². The predicted molar refractivity (Wildman–Crippen MR) is 66.8 cm³/mol. The third-order valence-corrected chi connectivity index (χ3v) is 2.69. The number of hydrogen-bond donors (Lipinski definition) is 1. The van der Waals surface area contributed by atoms with Gasteiger partial charge in [0.2, 0.25) is 11.7 Å². The summed E-state index contributed by atoms with van der Waals surface area (Å²) in [6, 6.07) is 0. The standard InChI is InChI=1S/C13H17N3O/c1-3-4-11(7-9(2)10-5-6-10)13-15-12(8-14)17-16-13/h3-4,7,10H,2,5-6,8,14H2,1H3/b4-3-,11-7+. The van der Waals surface area contributed by atoms with Crippen molar-refractivity contribution in [3.8, 4) is 0 Å². The third kappa shape index (κ3) is 2.91. The van der Waals surface area contributed by atoms with Gasteiger partial charge in [0.15, 0.2) is 0 Å². The molecule has 1 heterocycles. The number of aromatic nitrogens is 2. The number of nitrogens with zero attached hydrogens (tertiary/aromatic N) is 2. The minimum absolute atomic E-state index is 0.264. The summed E-state index contributed by atoms with van der Waals surface area (Å²) >= 11 is 0. The van der Waals surface area contributed by atoms with E-state index in [9.17, 15) is 0 Å². The van der Waals surface area contributed by atoms with Crippen molar-refractivity contribution in [1.82, 2.24) is 10.1 Å². The molecule has 1 aromatic rings. The highest BCUT2D eigenvalue weighted by Crippen LogP contribution is 2.37. The summed E-state index contributed by atoms with van der Waals surface area (Å²) in [6.45, 7) is 6.29. The fourth-order valence-corrected chi connectivity index (χ4v) is 1.59. The van der Waals surface area contributed by atoms with Crippen LogP contribution in [-0.2, 0) is 6.54 Å². The van der Waals surface area contributed by atoms with Gasteiger partial charge in [-0.15, -0.1) is 0 Å². The van der Waals surface area contributed by atoms with Crippen LogP contribution >= 0.6 is 0 Å². The molecule has 1 aliphatic carbocycles. The van der Waals surface area contributed by atoms with Gasteiger partial charge in [-0.05, 0) is 31.8 Å². The minimum atomic E-state index is 0.264. The molecule has 1 fully saturated rings. The van der Waals surface area contributed by atoms with Crippen LogP contribution in [0.2, 0.25) is 0 Å². The highest BCUT2D eigenvalue weighted by molar-refractivity contribution is 5.71. The van der Waals surface area contributed by atoms with Gasteiger partial charge in [-0.25, -0.2) is 0 Å². The molecule has 4 heteroatoms. The van der Waals surface area contributed by atoms with Crippen molar-refractivity contribution in [1.29, 1.82) is 0 Å². The highest BCUT2D eigenvalue weighted by Gasteiger charge is 2.23. The zero-order valence-electron chi connectivity index (χ0n) is 10.0. The Bertz CT molecular complexity index is 467. The zero-order valence-corrected chi connectivity index (χ0v) is 10.0. The SMILES string of the molecule is C=C(/C=C(\C=C/C)c1noc(CN)n1)C1CC1. The van der Waals surface area contributed by atoms with Crippen LogP contribution in [0.1, 0.15) is 31.5 Å². The summed E-state index contributed by atoms with van der Waals surface area (Å²) in [5, 5.41) is 3.91. The molecule has 0 spiro atoms. The summed E-state index contributed by atoms with van der Waals surface area (Å²) in [5.41, 5.74) is 7.51. The van der Waals surface area contributed by atoms with Crippen molar-refractivity contribution in [2.24, 2.45) is 11.7 Å². The van der Waals surface area contributed by atoms with Crippen molar-refractivity contribution in [2.45, 2.75) is 26.3 Å². The molecule has 0 aliphatic heterocycles. The number of hydrogen-bond acceptors (Lipinski definition) is 4. The van der Waals surface area contributed by atoms with Crippen LogP contribution in [0.5, 0.6) is 0 Å². The second-order valence-electron chi connectivity index (χ2n) is 4.16. The molecule has 4 nitrogen and oxygen atoms in total. The highest BCUT2D eigenvalue weighted by atomic mass is 16.5. The molecule has 2 N–H and O–H groups in total.